The zero-order valence-electron chi connectivity index (χ0n) is 34.6. The van der Waals surface area contributed by atoms with Gasteiger partial charge < -0.3 is 33.7 Å². The third kappa shape index (κ3) is 17.6. The van der Waals surface area contributed by atoms with Gasteiger partial charge in [0.15, 0.2) is 11.7 Å². The molecule has 0 radical (unpaired) electrons. The van der Waals surface area contributed by atoms with Gasteiger partial charge in [0.2, 0.25) is 11.8 Å². The average Bonchev–Trinajstić information content (AvgIpc) is 3.16. The number of ether oxygens (including phenoxy) is 6. The van der Waals surface area contributed by atoms with Crippen LogP contribution in [-0.2, 0) is 84.4 Å². The summed E-state index contributed by atoms with van der Waals surface area (Å²) in [6.45, 7) is 7.89. The van der Waals surface area contributed by atoms with Crippen molar-refractivity contribution in [3.63, 3.8) is 0 Å². The third-order valence-electron chi connectivity index (χ3n) is 8.51. The highest BCUT2D eigenvalue weighted by molar-refractivity contribution is 6.21. The maximum Gasteiger partial charge on any atom is 0.411 e. The van der Waals surface area contributed by atoms with E-state index >= 15 is 0 Å². The van der Waals surface area contributed by atoms with Gasteiger partial charge in [0, 0.05) is 30.6 Å². The van der Waals surface area contributed by atoms with Crippen molar-refractivity contribution in [2.24, 2.45) is 11.8 Å². The largest absolute Gasteiger partial charge is 0.465 e. The lowest BCUT2D eigenvalue weighted by molar-refractivity contribution is -0.164. The predicted molar refractivity (Wildman–Crippen MR) is 211 cm³/mol. The maximum atomic E-state index is 13.0. The van der Waals surface area contributed by atoms with Gasteiger partial charge in [-0.15, -0.1) is 0 Å². The van der Waals surface area contributed by atoms with Crippen LogP contribution < -0.4 is 10.6 Å². The second kappa shape index (κ2) is 25.8. The number of benzene rings is 2. The third-order valence-corrected chi connectivity index (χ3v) is 8.51. The number of amides is 2. The van der Waals surface area contributed by atoms with Crippen LogP contribution in [0.5, 0.6) is 0 Å². The van der Waals surface area contributed by atoms with E-state index in [-0.39, 0.29) is 76.7 Å². The van der Waals surface area contributed by atoms with Gasteiger partial charge in [0.05, 0.1) is 19.6 Å². The SMILES string of the molecule is CCOC(=O)C(C(=O)Cc1cc(CC(=O)OCCOC(=O)CCCCC(=O)OCCOC(=O)Nc2ccc(C)c(NC(=O)C(C(C)=O)C(C)=O)c2)ccc1C)C(=O)OCC. The number of anilines is 2. The van der Waals surface area contributed by atoms with Gasteiger partial charge >= 0.3 is 35.9 Å². The summed E-state index contributed by atoms with van der Waals surface area (Å²) in [5.74, 6) is -9.60. The molecular weight excluding hydrogens is 788 g/mol. The van der Waals surface area contributed by atoms with Gasteiger partial charge in [-0.3, -0.25) is 48.5 Å². The van der Waals surface area contributed by atoms with Crippen LogP contribution in [0.4, 0.5) is 16.2 Å². The molecule has 0 spiro atoms. The van der Waals surface area contributed by atoms with E-state index < -0.39 is 71.0 Å². The summed E-state index contributed by atoms with van der Waals surface area (Å²) in [5, 5.41) is 4.99. The standard InChI is InChI=1S/C42H52N2O16/c1-7-55-40(52)38(41(53)56-8-2)33(47)23-30-21-29(15-13-25(30)3)22-36(50)59-18-17-57-34(48)11-9-10-12-35(49)58-19-20-60-42(54)43-31-16-14-26(4)32(24-31)44-39(51)37(27(5)45)28(6)46/h13-16,21,24,37-38H,7-12,17-20,22-23H2,1-6H3,(H,43,54)(H,44,51). The number of hydrogen-bond donors (Lipinski definition) is 2. The van der Waals surface area contributed by atoms with Gasteiger partial charge in [-0.25, -0.2) is 4.79 Å². The number of unbranched alkanes of at least 4 members (excludes halogenated alkanes) is 1. The molecule has 2 aromatic carbocycles. The summed E-state index contributed by atoms with van der Waals surface area (Å²) < 4.78 is 30.1. The summed E-state index contributed by atoms with van der Waals surface area (Å²) in [6.07, 6.45) is -0.671. The van der Waals surface area contributed by atoms with Crippen molar-refractivity contribution in [2.75, 3.05) is 50.3 Å². The number of aryl methyl sites for hydroxylation is 2. The molecule has 0 unspecified atom stereocenters. The van der Waals surface area contributed by atoms with Gasteiger partial charge in [0.25, 0.3) is 0 Å². The van der Waals surface area contributed by atoms with Crippen molar-refractivity contribution in [2.45, 2.75) is 80.1 Å². The topological polar surface area (TPSA) is 250 Å². The minimum absolute atomic E-state index is 0.000997. The fourth-order valence-corrected chi connectivity index (χ4v) is 5.48. The summed E-state index contributed by atoms with van der Waals surface area (Å²) in [6, 6.07) is 9.55. The lowest BCUT2D eigenvalue weighted by Crippen LogP contribution is -2.36. The smallest absolute Gasteiger partial charge is 0.411 e. The molecule has 0 fully saturated rings. The Labute approximate surface area is 347 Å². The van der Waals surface area contributed by atoms with Crippen LogP contribution in [0.25, 0.3) is 0 Å². The lowest BCUT2D eigenvalue weighted by atomic mass is 9.93. The van der Waals surface area contributed by atoms with Gasteiger partial charge in [-0.2, -0.15) is 0 Å². The number of ketones is 3. The Morgan fingerprint density at radius 1 is 0.567 bits per heavy atom. The normalized spacial score (nSPS) is 10.6. The Balaban J connectivity index is 1.64. The lowest BCUT2D eigenvalue weighted by Gasteiger charge is -2.15. The van der Waals surface area contributed by atoms with E-state index in [1.165, 1.54) is 6.07 Å². The number of carbonyl (C=O) groups excluding carboxylic acids is 10. The summed E-state index contributed by atoms with van der Waals surface area (Å²) >= 11 is 0. The molecule has 2 N–H and O–H groups in total. The fraction of sp³-hybridized carbons (Fsp3) is 0.476. The molecule has 2 rings (SSSR count). The highest BCUT2D eigenvalue weighted by atomic mass is 16.6. The molecule has 2 aromatic rings. The van der Waals surface area contributed by atoms with Gasteiger partial charge in [0.1, 0.15) is 38.0 Å². The van der Waals surface area contributed by atoms with E-state index in [0.717, 1.165) is 13.8 Å². The molecule has 326 valence electrons. The molecule has 60 heavy (non-hydrogen) atoms. The molecule has 0 bridgehead atoms. The molecule has 18 heteroatoms. The molecular formula is C42H52N2O16. The molecule has 2 amide bonds. The Bertz CT molecular complexity index is 1870. The second-order valence-electron chi connectivity index (χ2n) is 13.3. The molecule has 0 aliphatic heterocycles. The number of nitrogens with one attached hydrogen (secondary N) is 2. The Morgan fingerprint density at radius 2 is 1.08 bits per heavy atom. The zero-order valence-corrected chi connectivity index (χ0v) is 34.6. The number of carbonyl (C=O) groups is 10. The van der Waals surface area contributed by atoms with Crippen molar-refractivity contribution in [3.05, 3.63) is 58.7 Å². The van der Waals surface area contributed by atoms with Crippen LogP contribution in [0.1, 0.15) is 75.6 Å². The predicted octanol–water partition coefficient (Wildman–Crippen LogP) is 3.87. The Morgan fingerprint density at radius 3 is 1.62 bits per heavy atom. The first kappa shape index (κ1) is 49.7. The monoisotopic (exact) mass is 840 g/mol. The molecule has 0 saturated heterocycles. The van der Waals surface area contributed by atoms with Crippen LogP contribution in [0.15, 0.2) is 36.4 Å². The summed E-state index contributed by atoms with van der Waals surface area (Å²) in [7, 11) is 0. The second-order valence-corrected chi connectivity index (χ2v) is 13.3. The zero-order chi connectivity index (χ0) is 44.8. The molecule has 0 aromatic heterocycles. The van der Waals surface area contributed by atoms with Crippen molar-refractivity contribution in [1.29, 1.82) is 0 Å². The van der Waals surface area contributed by atoms with E-state index in [0.29, 0.717) is 35.1 Å². The van der Waals surface area contributed by atoms with Crippen LogP contribution in [-0.4, -0.2) is 98.8 Å². The molecule has 0 aliphatic carbocycles. The van der Waals surface area contributed by atoms with Gasteiger partial charge in [-0.05, 0) is 88.8 Å². The first-order valence-electron chi connectivity index (χ1n) is 19.2. The van der Waals surface area contributed by atoms with Crippen molar-refractivity contribution in [3.8, 4) is 0 Å². The highest BCUT2D eigenvalue weighted by Gasteiger charge is 2.36. The van der Waals surface area contributed by atoms with Crippen LogP contribution in [0.2, 0.25) is 0 Å². The van der Waals surface area contributed by atoms with Crippen LogP contribution in [0, 0.1) is 25.7 Å². The van der Waals surface area contributed by atoms with Crippen LogP contribution >= 0.6 is 0 Å². The van der Waals surface area contributed by atoms with Gasteiger partial charge in [-0.1, -0.05) is 24.3 Å². The van der Waals surface area contributed by atoms with Crippen molar-refractivity contribution < 1.29 is 76.4 Å². The Hall–Kier alpha value is -6.46. The summed E-state index contributed by atoms with van der Waals surface area (Å²) in [4.78, 5) is 122. The van der Waals surface area contributed by atoms with E-state index in [2.05, 4.69) is 10.6 Å². The van der Waals surface area contributed by atoms with E-state index in [1.807, 2.05) is 0 Å². The molecule has 0 aliphatic rings. The number of Topliss-reactive ketones (excluding diaryl/α,β-unsaturated/α-hetero) is 3. The fourth-order valence-electron chi connectivity index (χ4n) is 5.48. The minimum Gasteiger partial charge on any atom is -0.465 e. The van der Waals surface area contributed by atoms with Crippen LogP contribution in [0.3, 0.4) is 0 Å². The first-order chi connectivity index (χ1) is 28.5. The number of esters is 5. The Kier molecular flexibility index (Phi) is 21.4. The van der Waals surface area contributed by atoms with E-state index in [9.17, 15) is 47.9 Å². The molecule has 0 saturated carbocycles. The van der Waals surface area contributed by atoms with E-state index in [4.69, 9.17) is 28.4 Å². The first-order valence-corrected chi connectivity index (χ1v) is 19.2. The highest BCUT2D eigenvalue weighted by Crippen LogP contribution is 2.22. The average molecular weight is 841 g/mol. The number of hydrogen-bond acceptors (Lipinski definition) is 16. The minimum atomic E-state index is -1.72. The molecule has 0 heterocycles. The summed E-state index contributed by atoms with van der Waals surface area (Å²) in [5.41, 5.74) is 2.86. The van der Waals surface area contributed by atoms with Crippen molar-refractivity contribution >= 4 is 70.6 Å². The molecule has 18 nitrogen and oxygen atoms in total. The maximum absolute atomic E-state index is 13.0. The van der Waals surface area contributed by atoms with Crippen molar-refractivity contribution in [1.82, 2.24) is 0 Å². The molecule has 0 atom stereocenters. The van der Waals surface area contributed by atoms with E-state index in [1.54, 1.807) is 58.0 Å². The quantitative estimate of drug-likeness (QED) is 0.0623. The number of rotatable bonds is 25.